The van der Waals surface area contributed by atoms with E-state index in [4.69, 9.17) is 21.1 Å². The van der Waals surface area contributed by atoms with E-state index in [1.54, 1.807) is 16.4 Å². The quantitative estimate of drug-likeness (QED) is 0.795. The molecule has 0 N–H and O–H groups in total. The number of hydrogen-bond acceptors (Lipinski definition) is 4. The van der Waals surface area contributed by atoms with Crippen LogP contribution in [0.3, 0.4) is 0 Å². The number of rotatable bonds is 6. The van der Waals surface area contributed by atoms with E-state index < -0.39 is 10.0 Å². The van der Waals surface area contributed by atoms with Gasteiger partial charge in [0.2, 0.25) is 10.0 Å². The van der Waals surface area contributed by atoms with Crippen molar-refractivity contribution in [3.05, 3.63) is 23.2 Å². The zero-order chi connectivity index (χ0) is 15.7. The van der Waals surface area contributed by atoms with Gasteiger partial charge in [-0.15, -0.1) is 0 Å². The fraction of sp³-hybridized carbons (Fsp3) is 0.600. The molecular formula is C15H20ClNO4S. The molecule has 1 saturated carbocycles. The van der Waals surface area contributed by atoms with E-state index >= 15 is 0 Å². The molecule has 0 amide bonds. The van der Waals surface area contributed by atoms with Crippen LogP contribution in [0.4, 0.5) is 0 Å². The Morgan fingerprint density at radius 2 is 2.14 bits per heavy atom. The summed E-state index contributed by atoms with van der Waals surface area (Å²) < 4.78 is 38.0. The number of hydrogen-bond donors (Lipinski definition) is 0. The molecule has 1 aliphatic carbocycles. The molecule has 2 fully saturated rings. The summed E-state index contributed by atoms with van der Waals surface area (Å²) in [6.45, 7) is 1.89. The van der Waals surface area contributed by atoms with Crippen molar-refractivity contribution in [3.8, 4) is 5.75 Å². The lowest BCUT2D eigenvalue weighted by Gasteiger charge is -2.24. The summed E-state index contributed by atoms with van der Waals surface area (Å²) >= 11 is 6.08. The fourth-order valence-electron chi connectivity index (χ4n) is 2.73. The third kappa shape index (κ3) is 3.25. The summed E-state index contributed by atoms with van der Waals surface area (Å²) in [5.41, 5.74) is 0. The second kappa shape index (κ2) is 6.35. The highest BCUT2D eigenvalue weighted by molar-refractivity contribution is 7.89. The Labute approximate surface area is 136 Å². The van der Waals surface area contributed by atoms with E-state index in [0.717, 1.165) is 25.9 Å². The molecule has 1 unspecified atom stereocenters. The molecule has 122 valence electrons. The molecule has 0 bridgehead atoms. The first-order chi connectivity index (χ1) is 10.5. The lowest BCUT2D eigenvalue weighted by atomic mass is 10.1. The van der Waals surface area contributed by atoms with Crippen LogP contribution in [0.25, 0.3) is 0 Å². The minimum absolute atomic E-state index is 0.117. The van der Waals surface area contributed by atoms with E-state index in [2.05, 4.69) is 0 Å². The first-order valence-corrected chi connectivity index (χ1v) is 9.27. The van der Waals surface area contributed by atoms with Crippen molar-refractivity contribution in [1.82, 2.24) is 4.31 Å². The number of benzene rings is 1. The Bertz CT molecular complexity index is 639. The number of halogens is 1. The zero-order valence-corrected chi connectivity index (χ0v) is 14.1. The van der Waals surface area contributed by atoms with Gasteiger partial charge in [0, 0.05) is 19.2 Å². The van der Waals surface area contributed by atoms with Crippen molar-refractivity contribution in [2.24, 2.45) is 5.92 Å². The monoisotopic (exact) mass is 345 g/mol. The minimum atomic E-state index is -3.54. The maximum atomic E-state index is 12.9. The minimum Gasteiger partial charge on any atom is -0.495 e. The first-order valence-electron chi connectivity index (χ1n) is 7.45. The highest BCUT2D eigenvalue weighted by Gasteiger charge is 2.39. The van der Waals surface area contributed by atoms with Crippen molar-refractivity contribution >= 4 is 21.6 Å². The first kappa shape index (κ1) is 16.1. The van der Waals surface area contributed by atoms with Gasteiger partial charge in [0.05, 0.1) is 23.6 Å². The van der Waals surface area contributed by atoms with Gasteiger partial charge in [0.15, 0.2) is 0 Å². The van der Waals surface area contributed by atoms with Gasteiger partial charge >= 0.3 is 0 Å². The predicted octanol–water partition coefficient (Wildman–Crippen LogP) is 2.54. The molecule has 1 aromatic carbocycles. The Morgan fingerprint density at radius 1 is 1.36 bits per heavy atom. The molecular weight excluding hydrogens is 326 g/mol. The Balaban J connectivity index is 1.86. The molecule has 3 rings (SSSR count). The molecule has 22 heavy (non-hydrogen) atoms. The predicted molar refractivity (Wildman–Crippen MR) is 83.8 cm³/mol. The maximum Gasteiger partial charge on any atom is 0.243 e. The van der Waals surface area contributed by atoms with Gasteiger partial charge in [-0.05, 0) is 43.4 Å². The van der Waals surface area contributed by atoms with Crippen LogP contribution in [0.1, 0.15) is 19.3 Å². The van der Waals surface area contributed by atoms with Crippen LogP contribution in [-0.2, 0) is 14.8 Å². The molecule has 1 saturated heterocycles. The number of sulfonamides is 1. The van der Waals surface area contributed by atoms with E-state index in [1.165, 1.54) is 13.2 Å². The molecule has 7 heteroatoms. The molecule has 1 aromatic rings. The van der Waals surface area contributed by atoms with Gasteiger partial charge in [-0.3, -0.25) is 0 Å². The third-order valence-corrected chi connectivity index (χ3v) is 6.36. The number of ether oxygens (including phenoxy) is 2. The van der Waals surface area contributed by atoms with Crippen molar-refractivity contribution in [3.63, 3.8) is 0 Å². The lowest BCUT2D eigenvalue weighted by Crippen LogP contribution is -2.37. The highest BCUT2D eigenvalue weighted by atomic mass is 35.5. The molecule has 0 aromatic heterocycles. The average molecular weight is 346 g/mol. The van der Waals surface area contributed by atoms with Gasteiger partial charge in [-0.2, -0.15) is 4.31 Å². The van der Waals surface area contributed by atoms with E-state index in [-0.39, 0.29) is 16.9 Å². The second-order valence-corrected chi connectivity index (χ2v) is 8.13. The Morgan fingerprint density at radius 3 is 2.68 bits per heavy atom. The average Bonchev–Trinajstić information content (AvgIpc) is 3.20. The largest absolute Gasteiger partial charge is 0.495 e. The molecule has 1 atom stereocenters. The van der Waals surface area contributed by atoms with Gasteiger partial charge in [-0.25, -0.2) is 8.42 Å². The van der Waals surface area contributed by atoms with Crippen LogP contribution in [0.5, 0.6) is 5.75 Å². The van der Waals surface area contributed by atoms with Gasteiger partial charge in [-0.1, -0.05) is 11.6 Å². The topological polar surface area (TPSA) is 55.8 Å². The van der Waals surface area contributed by atoms with Crippen molar-refractivity contribution < 1.29 is 17.9 Å². The zero-order valence-electron chi connectivity index (χ0n) is 12.5. The van der Waals surface area contributed by atoms with Crippen molar-refractivity contribution in [2.75, 3.05) is 26.9 Å². The van der Waals surface area contributed by atoms with Crippen molar-refractivity contribution in [2.45, 2.75) is 30.2 Å². The van der Waals surface area contributed by atoms with E-state index in [1.807, 2.05) is 0 Å². The maximum absolute atomic E-state index is 12.9. The lowest BCUT2D eigenvalue weighted by molar-refractivity contribution is 0.180. The summed E-state index contributed by atoms with van der Waals surface area (Å²) in [6, 6.07) is 4.74. The summed E-state index contributed by atoms with van der Waals surface area (Å²) in [6.07, 6.45) is 2.77. The van der Waals surface area contributed by atoms with Gasteiger partial charge in [0.25, 0.3) is 0 Å². The van der Waals surface area contributed by atoms with Crippen molar-refractivity contribution in [1.29, 1.82) is 0 Å². The Kier molecular flexibility index (Phi) is 4.64. The Hall–Kier alpha value is -0.820. The highest BCUT2D eigenvalue weighted by Crippen LogP contribution is 2.35. The molecule has 5 nitrogen and oxygen atoms in total. The SMILES string of the molecule is COc1ccc(S(=O)(=O)N(CC2CCOC2)C2CC2)cc1Cl. The van der Waals surface area contributed by atoms with Gasteiger partial charge in [0.1, 0.15) is 5.75 Å². The summed E-state index contributed by atoms with van der Waals surface area (Å²) in [4.78, 5) is 0.226. The number of nitrogens with zero attached hydrogens (tertiary/aromatic N) is 1. The van der Waals surface area contributed by atoms with Crippen LogP contribution in [0.2, 0.25) is 5.02 Å². The van der Waals surface area contributed by atoms with E-state index in [0.29, 0.717) is 23.9 Å². The smallest absolute Gasteiger partial charge is 0.243 e. The normalized spacial score (nSPS) is 22.2. The molecule has 0 radical (unpaired) electrons. The number of methoxy groups -OCH3 is 1. The molecule has 0 spiro atoms. The molecule has 1 heterocycles. The summed E-state index contributed by atoms with van der Waals surface area (Å²) in [5.74, 6) is 0.756. The summed E-state index contributed by atoms with van der Waals surface area (Å²) in [7, 11) is -2.03. The molecule has 1 aliphatic heterocycles. The standard InChI is InChI=1S/C15H20ClNO4S/c1-20-15-5-4-13(8-14(15)16)22(18,19)17(12-2-3-12)9-11-6-7-21-10-11/h4-5,8,11-12H,2-3,6-7,9-10H2,1H3. The van der Waals surface area contributed by atoms with Crippen LogP contribution < -0.4 is 4.74 Å². The van der Waals surface area contributed by atoms with Crippen LogP contribution in [-0.4, -0.2) is 45.6 Å². The summed E-state index contributed by atoms with van der Waals surface area (Å²) in [5, 5.41) is 0.309. The fourth-order valence-corrected chi connectivity index (χ4v) is 4.84. The van der Waals surface area contributed by atoms with E-state index in [9.17, 15) is 8.42 Å². The third-order valence-electron chi connectivity index (χ3n) is 4.15. The van der Waals surface area contributed by atoms with Crippen LogP contribution >= 0.6 is 11.6 Å². The van der Waals surface area contributed by atoms with Crippen LogP contribution in [0, 0.1) is 5.92 Å². The van der Waals surface area contributed by atoms with Crippen LogP contribution in [0.15, 0.2) is 23.1 Å². The second-order valence-electron chi connectivity index (χ2n) is 5.83. The van der Waals surface area contributed by atoms with Gasteiger partial charge < -0.3 is 9.47 Å². The molecule has 2 aliphatic rings.